The van der Waals surface area contributed by atoms with Crippen molar-refractivity contribution in [3.8, 4) is 0 Å². The van der Waals surface area contributed by atoms with Gasteiger partial charge in [-0.15, -0.1) is 11.3 Å². The van der Waals surface area contributed by atoms with Crippen LogP contribution in [0, 0.1) is 0 Å². The number of imide groups is 1. The Kier molecular flexibility index (Phi) is 5.88. The zero-order valence-corrected chi connectivity index (χ0v) is 16.1. The molecule has 2 aromatic rings. The number of benzene rings is 1. The number of nitrogens with zero attached hydrogens (tertiary/aromatic N) is 1. The van der Waals surface area contributed by atoms with E-state index in [9.17, 15) is 19.2 Å². The monoisotopic (exact) mass is 400 g/mol. The largest absolute Gasteiger partial charge is 0.350 e. The second-order valence-electron chi connectivity index (χ2n) is 5.72. The van der Waals surface area contributed by atoms with Crippen molar-refractivity contribution in [2.24, 2.45) is 0 Å². The maximum Gasteiger partial charge on any atom is 0.293 e. The van der Waals surface area contributed by atoms with Crippen LogP contribution in [0.1, 0.15) is 31.8 Å². The van der Waals surface area contributed by atoms with Crippen LogP contribution in [-0.4, -0.2) is 40.8 Å². The summed E-state index contributed by atoms with van der Waals surface area (Å²) in [6.07, 6.45) is 1.68. The minimum absolute atomic E-state index is 0.0908. The first-order valence-electron chi connectivity index (χ1n) is 8.15. The van der Waals surface area contributed by atoms with E-state index < -0.39 is 0 Å². The van der Waals surface area contributed by atoms with E-state index in [1.54, 1.807) is 18.2 Å². The number of thiophene rings is 1. The molecular formula is C19H16N2O4S2. The summed E-state index contributed by atoms with van der Waals surface area (Å²) in [5.41, 5.74) is 0.843. The van der Waals surface area contributed by atoms with Crippen LogP contribution in [0.3, 0.4) is 0 Å². The molecule has 1 N–H and O–H groups in total. The molecule has 6 nitrogen and oxygen atoms in total. The van der Waals surface area contributed by atoms with E-state index in [4.69, 9.17) is 0 Å². The number of ketones is 1. The first-order chi connectivity index (χ1) is 13.0. The minimum atomic E-state index is -0.363. The first-order valence-corrected chi connectivity index (χ1v) is 9.78. The second-order valence-corrected chi connectivity index (χ2v) is 7.80. The van der Waals surface area contributed by atoms with Crippen molar-refractivity contribution in [2.75, 3.05) is 13.1 Å². The van der Waals surface area contributed by atoms with E-state index in [0.717, 1.165) is 33.6 Å². The quantitative estimate of drug-likeness (QED) is 0.593. The molecule has 0 spiro atoms. The Morgan fingerprint density at radius 3 is 2.44 bits per heavy atom. The summed E-state index contributed by atoms with van der Waals surface area (Å²) in [6.45, 7) is 1.67. The lowest BCUT2D eigenvalue weighted by Gasteiger charge is -2.12. The maximum absolute atomic E-state index is 12.4. The predicted molar refractivity (Wildman–Crippen MR) is 106 cm³/mol. The van der Waals surface area contributed by atoms with Crippen LogP contribution in [0.25, 0.3) is 6.08 Å². The van der Waals surface area contributed by atoms with Crippen LogP contribution >= 0.6 is 23.1 Å². The lowest BCUT2D eigenvalue weighted by Crippen LogP contribution is -2.37. The zero-order chi connectivity index (χ0) is 19.4. The van der Waals surface area contributed by atoms with E-state index in [2.05, 4.69) is 5.32 Å². The van der Waals surface area contributed by atoms with Gasteiger partial charge in [-0.1, -0.05) is 30.3 Å². The number of thioether (sulfide) groups is 1. The molecule has 0 unspecified atom stereocenters. The van der Waals surface area contributed by atoms with Crippen molar-refractivity contribution >= 4 is 52.0 Å². The maximum atomic E-state index is 12.4. The number of carbonyl (C=O) groups is 4. The van der Waals surface area contributed by atoms with Gasteiger partial charge in [-0.3, -0.25) is 24.1 Å². The molecule has 138 valence electrons. The fourth-order valence-electron chi connectivity index (χ4n) is 2.41. The highest BCUT2D eigenvalue weighted by Gasteiger charge is 2.34. The van der Waals surface area contributed by atoms with Crippen LogP contribution in [0.2, 0.25) is 0 Å². The van der Waals surface area contributed by atoms with Crippen LogP contribution in [-0.2, 0) is 4.79 Å². The fraction of sp³-hybridized carbons (Fsp3) is 0.158. The van der Waals surface area contributed by atoms with E-state index >= 15 is 0 Å². The molecule has 0 atom stereocenters. The summed E-state index contributed by atoms with van der Waals surface area (Å²) in [6, 6.07) is 12.5. The molecule has 8 heteroatoms. The van der Waals surface area contributed by atoms with Crippen LogP contribution in [0.5, 0.6) is 0 Å². The van der Waals surface area contributed by atoms with Crippen molar-refractivity contribution in [1.29, 1.82) is 0 Å². The van der Waals surface area contributed by atoms with Gasteiger partial charge in [0.25, 0.3) is 17.1 Å². The molecule has 1 aliphatic heterocycles. The molecule has 3 amide bonds. The minimum Gasteiger partial charge on any atom is -0.350 e. The molecule has 0 aliphatic carbocycles. The van der Waals surface area contributed by atoms with Crippen LogP contribution < -0.4 is 5.32 Å². The Balaban J connectivity index is 1.57. The summed E-state index contributed by atoms with van der Waals surface area (Å²) in [5, 5.41) is 2.31. The van der Waals surface area contributed by atoms with E-state index in [-0.39, 0.29) is 35.9 Å². The number of hydrogen-bond acceptors (Lipinski definition) is 6. The van der Waals surface area contributed by atoms with Crippen molar-refractivity contribution in [2.45, 2.75) is 6.92 Å². The molecule has 0 bridgehead atoms. The highest BCUT2D eigenvalue weighted by molar-refractivity contribution is 8.18. The second kappa shape index (κ2) is 8.32. The molecular weight excluding hydrogens is 384 g/mol. The van der Waals surface area contributed by atoms with Crippen LogP contribution in [0.15, 0.2) is 47.4 Å². The number of rotatable bonds is 6. The average molecular weight is 400 g/mol. The number of carbonyl (C=O) groups excluding carboxylic acids is 4. The van der Waals surface area contributed by atoms with Gasteiger partial charge in [-0.05, 0) is 42.5 Å². The molecule has 1 aromatic heterocycles. The van der Waals surface area contributed by atoms with Gasteiger partial charge in [0.05, 0.1) is 14.7 Å². The Morgan fingerprint density at radius 1 is 1.07 bits per heavy atom. The van der Waals surface area contributed by atoms with Crippen molar-refractivity contribution in [3.05, 3.63) is 62.7 Å². The molecule has 1 aliphatic rings. The molecule has 3 rings (SSSR count). The van der Waals surface area contributed by atoms with Crippen molar-refractivity contribution in [1.82, 2.24) is 10.2 Å². The van der Waals surface area contributed by atoms with Gasteiger partial charge in [-0.25, -0.2) is 0 Å². The highest BCUT2D eigenvalue weighted by atomic mass is 32.2. The summed E-state index contributed by atoms with van der Waals surface area (Å²) < 4.78 is 0. The summed E-state index contributed by atoms with van der Waals surface area (Å²) in [7, 11) is 0. The Hall–Kier alpha value is -2.71. The number of amides is 3. The van der Waals surface area contributed by atoms with Gasteiger partial charge in [-0.2, -0.15) is 0 Å². The highest BCUT2D eigenvalue weighted by Crippen LogP contribution is 2.31. The first kappa shape index (κ1) is 19.1. The zero-order valence-electron chi connectivity index (χ0n) is 14.4. The smallest absolute Gasteiger partial charge is 0.293 e. The molecule has 0 radical (unpaired) electrons. The third kappa shape index (κ3) is 4.53. The molecule has 1 aromatic carbocycles. The molecule has 0 saturated carbocycles. The van der Waals surface area contributed by atoms with E-state index in [1.807, 2.05) is 30.3 Å². The summed E-state index contributed by atoms with van der Waals surface area (Å²) in [5.74, 6) is -0.792. The predicted octanol–water partition coefficient (Wildman–Crippen LogP) is 3.42. The van der Waals surface area contributed by atoms with E-state index in [1.165, 1.54) is 6.92 Å². The third-order valence-electron chi connectivity index (χ3n) is 3.77. The van der Waals surface area contributed by atoms with Crippen LogP contribution in [0.4, 0.5) is 4.79 Å². The van der Waals surface area contributed by atoms with Crippen molar-refractivity contribution in [3.63, 3.8) is 0 Å². The molecule has 1 fully saturated rings. The number of hydrogen-bond donors (Lipinski definition) is 1. The normalized spacial score (nSPS) is 15.4. The lowest BCUT2D eigenvalue weighted by atomic mass is 10.2. The number of Topliss-reactive ketones (excluding diaryl/α,β-unsaturated/α-hetero) is 1. The summed E-state index contributed by atoms with van der Waals surface area (Å²) >= 11 is 2.00. The van der Waals surface area contributed by atoms with Gasteiger partial charge in [0.2, 0.25) is 0 Å². The average Bonchev–Trinajstić information content (AvgIpc) is 3.24. The Bertz CT molecular complexity index is 934. The number of nitrogens with one attached hydrogen (secondary N) is 1. The van der Waals surface area contributed by atoms with Gasteiger partial charge in [0, 0.05) is 13.1 Å². The van der Waals surface area contributed by atoms with Crippen molar-refractivity contribution < 1.29 is 19.2 Å². The summed E-state index contributed by atoms with van der Waals surface area (Å²) in [4.78, 5) is 50.3. The van der Waals surface area contributed by atoms with Gasteiger partial charge < -0.3 is 5.32 Å². The topological polar surface area (TPSA) is 83.6 Å². The SMILES string of the molecule is CC(=O)c1ccc(C(=O)NCCN2C(=O)S/C(=C/c3ccccc3)C2=O)s1. The fourth-order valence-corrected chi connectivity index (χ4v) is 4.09. The standard InChI is InChI=1S/C19H16N2O4S2/c1-12(22)14-7-8-15(26-14)17(23)20-9-10-21-18(24)16(27-19(21)25)11-13-5-3-2-4-6-13/h2-8,11H,9-10H2,1H3,(H,20,23)/b16-11+. The molecule has 27 heavy (non-hydrogen) atoms. The van der Waals surface area contributed by atoms with Gasteiger partial charge in [0.1, 0.15) is 0 Å². The lowest BCUT2D eigenvalue weighted by molar-refractivity contribution is -0.122. The Morgan fingerprint density at radius 2 is 1.78 bits per heavy atom. The van der Waals surface area contributed by atoms with E-state index in [0.29, 0.717) is 14.7 Å². The van der Waals surface area contributed by atoms with Gasteiger partial charge >= 0.3 is 0 Å². The molecule has 2 heterocycles. The van der Waals surface area contributed by atoms with Gasteiger partial charge in [0.15, 0.2) is 5.78 Å². The Labute approximate surface area is 164 Å². The third-order valence-corrected chi connectivity index (χ3v) is 5.86. The molecule has 1 saturated heterocycles.